The number of aromatic nitrogens is 1. The maximum absolute atomic E-state index is 2.45. The minimum absolute atomic E-state index is 0.00260. The molecule has 1 nitrogen and oxygen atoms in total. The summed E-state index contributed by atoms with van der Waals surface area (Å²) in [5, 5.41) is 2.60. The highest BCUT2D eigenvalue weighted by atomic mass is 15.0. The van der Waals surface area contributed by atoms with Gasteiger partial charge in [0.2, 0.25) is 0 Å². The number of hydrogen-bond donors (Lipinski definition) is 0. The molecule has 0 saturated carbocycles. The van der Waals surface area contributed by atoms with Crippen LogP contribution in [0.3, 0.4) is 0 Å². The Hall–Kier alpha value is -4.88. The summed E-state index contributed by atoms with van der Waals surface area (Å²) < 4.78 is 2.43. The van der Waals surface area contributed by atoms with Crippen molar-refractivity contribution in [3.8, 4) is 39.1 Å². The maximum atomic E-state index is 2.45. The summed E-state index contributed by atoms with van der Waals surface area (Å²) in [5.41, 5.74) is 17.3. The van der Waals surface area contributed by atoms with Gasteiger partial charge in [-0.25, -0.2) is 0 Å². The van der Waals surface area contributed by atoms with E-state index < -0.39 is 0 Å². The summed E-state index contributed by atoms with van der Waals surface area (Å²) in [6.07, 6.45) is 0. The second kappa shape index (κ2) is 8.36. The van der Waals surface area contributed by atoms with Gasteiger partial charge in [-0.2, -0.15) is 0 Å². The van der Waals surface area contributed by atoms with Gasteiger partial charge in [-0.1, -0.05) is 119 Å². The van der Waals surface area contributed by atoms with E-state index in [-0.39, 0.29) is 10.8 Å². The maximum Gasteiger partial charge on any atom is 0.0541 e. The molecular weight excluding hydrogens is 518 g/mol. The van der Waals surface area contributed by atoms with Gasteiger partial charge in [-0.3, -0.25) is 0 Å². The minimum Gasteiger partial charge on any atom is -0.309 e. The van der Waals surface area contributed by atoms with Gasteiger partial charge in [0.05, 0.1) is 11.0 Å². The van der Waals surface area contributed by atoms with Gasteiger partial charge >= 0.3 is 0 Å². The molecule has 6 aromatic carbocycles. The topological polar surface area (TPSA) is 4.93 Å². The first-order valence-corrected chi connectivity index (χ1v) is 15.4. The Kier molecular flexibility index (Phi) is 4.80. The molecule has 2 aliphatic carbocycles. The van der Waals surface area contributed by atoms with E-state index in [1.54, 1.807) is 0 Å². The lowest BCUT2D eigenvalue weighted by Gasteiger charge is -2.23. The summed E-state index contributed by atoms with van der Waals surface area (Å²) in [5.74, 6) is 0. The van der Waals surface area contributed by atoms with Crippen molar-refractivity contribution in [1.82, 2.24) is 4.57 Å². The third kappa shape index (κ3) is 3.23. The van der Waals surface area contributed by atoms with Crippen molar-refractivity contribution in [3.05, 3.63) is 150 Å². The van der Waals surface area contributed by atoms with Crippen molar-refractivity contribution in [2.24, 2.45) is 0 Å². The van der Waals surface area contributed by atoms with Gasteiger partial charge in [-0.15, -0.1) is 0 Å². The van der Waals surface area contributed by atoms with Crippen molar-refractivity contribution in [3.63, 3.8) is 0 Å². The SMILES string of the molecule is CC1(C)c2ccccc2-c2ccc(-c3ccc4c(c3)C(C)(C)c3cc(-n5c6ccccc6c6ccccc65)ccc3-4)cc21. The number of hydrogen-bond acceptors (Lipinski definition) is 0. The molecule has 9 rings (SSSR count). The average molecular weight is 552 g/mol. The van der Waals surface area contributed by atoms with Gasteiger partial charge in [0.1, 0.15) is 0 Å². The first-order valence-electron chi connectivity index (χ1n) is 15.4. The first-order chi connectivity index (χ1) is 20.8. The van der Waals surface area contributed by atoms with Crippen molar-refractivity contribution < 1.29 is 0 Å². The molecule has 7 aromatic rings. The number of benzene rings is 6. The Morgan fingerprint density at radius 1 is 0.395 bits per heavy atom. The highest BCUT2D eigenvalue weighted by Gasteiger charge is 2.37. The van der Waals surface area contributed by atoms with Gasteiger partial charge in [0.15, 0.2) is 0 Å². The predicted molar refractivity (Wildman–Crippen MR) is 181 cm³/mol. The van der Waals surface area contributed by atoms with Crippen molar-refractivity contribution in [1.29, 1.82) is 0 Å². The molecule has 0 radical (unpaired) electrons. The molecule has 2 aliphatic rings. The zero-order valence-electron chi connectivity index (χ0n) is 25.1. The summed E-state index contributed by atoms with van der Waals surface area (Å²) in [4.78, 5) is 0. The summed E-state index contributed by atoms with van der Waals surface area (Å²) in [6, 6.07) is 47.7. The van der Waals surface area contributed by atoms with Crippen LogP contribution in [0.1, 0.15) is 49.9 Å². The number of fused-ring (bicyclic) bond motifs is 9. The monoisotopic (exact) mass is 551 g/mol. The van der Waals surface area contributed by atoms with Crippen LogP contribution in [0, 0.1) is 0 Å². The molecule has 206 valence electrons. The molecule has 1 aromatic heterocycles. The largest absolute Gasteiger partial charge is 0.309 e. The van der Waals surface area contributed by atoms with Gasteiger partial charge in [0.25, 0.3) is 0 Å². The van der Waals surface area contributed by atoms with Crippen LogP contribution >= 0.6 is 0 Å². The van der Waals surface area contributed by atoms with E-state index in [1.807, 2.05) is 0 Å². The molecule has 0 saturated heterocycles. The summed E-state index contributed by atoms with van der Waals surface area (Å²) in [6.45, 7) is 9.50. The van der Waals surface area contributed by atoms with E-state index in [4.69, 9.17) is 0 Å². The molecule has 0 unspecified atom stereocenters. The Balaban J connectivity index is 1.16. The molecule has 43 heavy (non-hydrogen) atoms. The van der Waals surface area contributed by atoms with E-state index in [0.29, 0.717) is 0 Å². The predicted octanol–water partition coefficient (Wildman–Crippen LogP) is 11.1. The molecule has 0 bridgehead atoms. The molecule has 0 fully saturated rings. The van der Waals surface area contributed by atoms with Crippen molar-refractivity contribution in [2.75, 3.05) is 0 Å². The third-order valence-electron chi connectivity index (χ3n) is 10.4. The Morgan fingerprint density at radius 3 is 1.44 bits per heavy atom. The fourth-order valence-electron chi connectivity index (χ4n) is 8.13. The Morgan fingerprint density at radius 2 is 0.837 bits per heavy atom. The van der Waals surface area contributed by atoms with Crippen LogP contribution < -0.4 is 0 Å². The standard InChI is InChI=1S/C42H33N/c1-41(2)35-14-8-5-11-29(35)30-20-17-26(23-36(30)41)27-18-21-31-32-22-19-28(25-38(32)42(3,4)37(31)24-27)43-39-15-9-6-12-33(39)34-13-7-10-16-40(34)43/h5-25H,1-4H3. The van der Waals surface area contributed by atoms with E-state index in [2.05, 4.69) is 160 Å². The molecule has 0 aliphatic heterocycles. The van der Waals surface area contributed by atoms with Crippen LogP contribution in [0.4, 0.5) is 0 Å². The molecular formula is C42H33N. The lowest BCUT2D eigenvalue weighted by Crippen LogP contribution is -2.16. The fourth-order valence-corrected chi connectivity index (χ4v) is 8.13. The van der Waals surface area contributed by atoms with E-state index in [0.717, 1.165) is 0 Å². The van der Waals surface area contributed by atoms with Crippen LogP contribution in [0.5, 0.6) is 0 Å². The minimum atomic E-state index is -0.109. The van der Waals surface area contributed by atoms with Crippen LogP contribution in [0.25, 0.3) is 60.9 Å². The third-order valence-corrected chi connectivity index (χ3v) is 10.4. The van der Waals surface area contributed by atoms with Crippen LogP contribution in [0.2, 0.25) is 0 Å². The average Bonchev–Trinajstić information content (AvgIpc) is 3.58. The second-order valence-electron chi connectivity index (χ2n) is 13.4. The molecule has 1 heterocycles. The lowest BCUT2D eigenvalue weighted by atomic mass is 9.80. The molecule has 1 heteroatoms. The fraction of sp³-hybridized carbons (Fsp3) is 0.143. The quantitative estimate of drug-likeness (QED) is 0.201. The second-order valence-corrected chi connectivity index (χ2v) is 13.4. The Labute approximate surface area is 253 Å². The lowest BCUT2D eigenvalue weighted by molar-refractivity contribution is 0.659. The molecule has 0 spiro atoms. The van der Waals surface area contributed by atoms with Crippen LogP contribution in [-0.2, 0) is 10.8 Å². The van der Waals surface area contributed by atoms with E-state index >= 15 is 0 Å². The van der Waals surface area contributed by atoms with Gasteiger partial charge < -0.3 is 4.57 Å². The van der Waals surface area contributed by atoms with Crippen LogP contribution in [-0.4, -0.2) is 4.57 Å². The number of rotatable bonds is 2. The highest BCUT2D eigenvalue weighted by molar-refractivity contribution is 6.09. The summed E-state index contributed by atoms with van der Waals surface area (Å²) >= 11 is 0. The normalized spacial score (nSPS) is 15.3. The van der Waals surface area contributed by atoms with Gasteiger partial charge in [-0.05, 0) is 92.0 Å². The zero-order valence-corrected chi connectivity index (χ0v) is 25.1. The van der Waals surface area contributed by atoms with Crippen LogP contribution in [0.15, 0.2) is 127 Å². The molecule has 0 N–H and O–H groups in total. The van der Waals surface area contributed by atoms with Crippen molar-refractivity contribution in [2.45, 2.75) is 38.5 Å². The number of para-hydroxylation sites is 2. The Bertz CT molecular complexity index is 2240. The summed E-state index contributed by atoms with van der Waals surface area (Å²) in [7, 11) is 0. The first kappa shape index (κ1) is 24.7. The highest BCUT2D eigenvalue weighted by Crippen LogP contribution is 2.52. The number of nitrogens with zero attached hydrogens (tertiary/aromatic N) is 1. The zero-order chi connectivity index (χ0) is 29.1. The van der Waals surface area contributed by atoms with E-state index in [1.165, 1.54) is 83.1 Å². The molecule has 0 amide bonds. The smallest absolute Gasteiger partial charge is 0.0541 e. The van der Waals surface area contributed by atoms with Gasteiger partial charge in [0, 0.05) is 27.3 Å². The van der Waals surface area contributed by atoms with E-state index in [9.17, 15) is 0 Å². The molecule has 0 atom stereocenters. The van der Waals surface area contributed by atoms with Crippen molar-refractivity contribution >= 4 is 21.8 Å².